The van der Waals surface area contributed by atoms with Crippen LogP contribution in [0.2, 0.25) is 0 Å². The number of aliphatic hydroxyl groups excluding tert-OH is 1. The van der Waals surface area contributed by atoms with E-state index in [4.69, 9.17) is 5.11 Å². The first-order chi connectivity index (χ1) is 8.30. The Kier molecular flexibility index (Phi) is 5.57. The first-order valence-corrected chi connectivity index (χ1v) is 9.47. The zero-order chi connectivity index (χ0) is 13.8. The largest absolute Gasteiger partial charge is 0.396 e. The Morgan fingerprint density at radius 1 is 1.44 bits per heavy atom. The SMILES string of the molecule is CCC(CCO)CNS(=O)(=O)C1CCS(=O)(=O)C1. The first kappa shape index (κ1) is 15.9. The summed E-state index contributed by atoms with van der Waals surface area (Å²) in [5, 5.41) is 8.00. The van der Waals surface area contributed by atoms with Crippen molar-refractivity contribution in [3.8, 4) is 0 Å². The van der Waals surface area contributed by atoms with E-state index in [9.17, 15) is 16.8 Å². The standard InChI is InChI=1S/C10H21NO5S2/c1-2-9(3-5-12)7-11-18(15,16)10-4-6-17(13,14)8-10/h9-12H,2-8H2,1H3. The average Bonchev–Trinajstić information content (AvgIpc) is 2.65. The van der Waals surface area contributed by atoms with E-state index in [0.717, 1.165) is 6.42 Å². The van der Waals surface area contributed by atoms with Gasteiger partial charge < -0.3 is 5.11 Å². The maximum absolute atomic E-state index is 11.9. The Hall–Kier alpha value is -0.180. The highest BCUT2D eigenvalue weighted by atomic mass is 32.2. The molecule has 0 aromatic heterocycles. The van der Waals surface area contributed by atoms with Gasteiger partial charge in [-0.15, -0.1) is 0 Å². The van der Waals surface area contributed by atoms with Gasteiger partial charge in [-0.05, 0) is 18.8 Å². The third kappa shape index (κ3) is 4.49. The molecule has 1 heterocycles. The van der Waals surface area contributed by atoms with Gasteiger partial charge in [-0.25, -0.2) is 21.6 Å². The van der Waals surface area contributed by atoms with Crippen molar-refractivity contribution in [3.63, 3.8) is 0 Å². The van der Waals surface area contributed by atoms with Crippen LogP contribution in [0.1, 0.15) is 26.2 Å². The van der Waals surface area contributed by atoms with Crippen LogP contribution in [-0.4, -0.2) is 51.8 Å². The van der Waals surface area contributed by atoms with Crippen molar-refractivity contribution >= 4 is 19.9 Å². The molecule has 18 heavy (non-hydrogen) atoms. The topological polar surface area (TPSA) is 101 Å². The molecule has 0 spiro atoms. The third-order valence-electron chi connectivity index (χ3n) is 3.32. The molecule has 1 fully saturated rings. The maximum atomic E-state index is 11.9. The van der Waals surface area contributed by atoms with Crippen LogP contribution in [0.25, 0.3) is 0 Å². The lowest BCUT2D eigenvalue weighted by molar-refractivity contribution is 0.254. The van der Waals surface area contributed by atoms with E-state index in [2.05, 4.69) is 4.72 Å². The molecular weight excluding hydrogens is 278 g/mol. The van der Waals surface area contributed by atoms with Gasteiger partial charge in [-0.3, -0.25) is 0 Å². The van der Waals surface area contributed by atoms with Gasteiger partial charge in [0.15, 0.2) is 9.84 Å². The van der Waals surface area contributed by atoms with Crippen LogP contribution in [0, 0.1) is 5.92 Å². The number of sulfonamides is 1. The predicted molar refractivity (Wildman–Crippen MR) is 69.5 cm³/mol. The molecule has 108 valence electrons. The second-order valence-electron chi connectivity index (χ2n) is 4.71. The second kappa shape index (κ2) is 6.31. The molecule has 0 aromatic carbocycles. The summed E-state index contributed by atoms with van der Waals surface area (Å²) in [6.07, 6.45) is 1.49. The molecule has 1 aliphatic rings. The van der Waals surface area contributed by atoms with Crippen molar-refractivity contribution in [2.24, 2.45) is 5.92 Å². The normalized spacial score (nSPS) is 25.1. The van der Waals surface area contributed by atoms with Gasteiger partial charge >= 0.3 is 0 Å². The monoisotopic (exact) mass is 299 g/mol. The number of aliphatic hydroxyl groups is 1. The highest BCUT2D eigenvalue weighted by molar-refractivity contribution is 7.95. The Morgan fingerprint density at radius 3 is 2.56 bits per heavy atom. The van der Waals surface area contributed by atoms with E-state index < -0.39 is 25.1 Å². The summed E-state index contributed by atoms with van der Waals surface area (Å²) in [6, 6.07) is 0. The molecule has 8 heteroatoms. The Labute approximate surface area is 109 Å². The summed E-state index contributed by atoms with van der Waals surface area (Å²) in [5.41, 5.74) is 0. The minimum Gasteiger partial charge on any atom is -0.396 e. The number of nitrogens with one attached hydrogen (secondary N) is 1. The number of hydrogen-bond donors (Lipinski definition) is 2. The van der Waals surface area contributed by atoms with E-state index in [1.165, 1.54) is 0 Å². The van der Waals surface area contributed by atoms with Crippen LogP contribution in [0.15, 0.2) is 0 Å². The minimum absolute atomic E-state index is 0.0258. The molecule has 0 radical (unpaired) electrons. The van der Waals surface area contributed by atoms with Gasteiger partial charge in [0, 0.05) is 13.2 Å². The van der Waals surface area contributed by atoms with Crippen molar-refractivity contribution in [1.29, 1.82) is 0 Å². The smallest absolute Gasteiger partial charge is 0.215 e. The molecule has 1 aliphatic heterocycles. The van der Waals surface area contributed by atoms with Crippen molar-refractivity contribution in [3.05, 3.63) is 0 Å². The van der Waals surface area contributed by atoms with E-state index in [-0.39, 0.29) is 37.0 Å². The fourth-order valence-corrected chi connectivity index (χ4v) is 6.15. The predicted octanol–water partition coefficient (Wildman–Crippen LogP) is -0.498. The molecule has 0 amide bonds. The molecule has 6 nitrogen and oxygen atoms in total. The Morgan fingerprint density at radius 2 is 2.11 bits per heavy atom. The highest BCUT2D eigenvalue weighted by Crippen LogP contribution is 2.18. The minimum atomic E-state index is -3.57. The molecular formula is C10H21NO5S2. The molecule has 1 saturated heterocycles. The Bertz CT molecular complexity index is 457. The van der Waals surface area contributed by atoms with E-state index >= 15 is 0 Å². The first-order valence-electron chi connectivity index (χ1n) is 6.10. The van der Waals surface area contributed by atoms with Crippen LogP contribution < -0.4 is 4.72 Å². The molecule has 2 N–H and O–H groups in total. The fraction of sp³-hybridized carbons (Fsp3) is 1.00. The summed E-state index contributed by atoms with van der Waals surface area (Å²) in [6.45, 7) is 2.21. The molecule has 2 unspecified atom stereocenters. The summed E-state index contributed by atoms with van der Waals surface area (Å²) in [5.74, 6) is -0.242. The van der Waals surface area contributed by atoms with Crippen LogP contribution in [0.3, 0.4) is 0 Å². The zero-order valence-corrected chi connectivity index (χ0v) is 12.1. The van der Waals surface area contributed by atoms with Crippen LogP contribution in [0.5, 0.6) is 0 Å². The molecule has 0 aliphatic carbocycles. The lowest BCUT2D eigenvalue weighted by Gasteiger charge is -2.16. The van der Waals surface area contributed by atoms with E-state index in [1.54, 1.807) is 0 Å². The lowest BCUT2D eigenvalue weighted by Crippen LogP contribution is -2.38. The number of sulfone groups is 1. The summed E-state index contributed by atoms with van der Waals surface area (Å²) < 4.78 is 48.8. The number of hydrogen-bond acceptors (Lipinski definition) is 5. The quantitative estimate of drug-likeness (QED) is 0.660. The van der Waals surface area contributed by atoms with Gasteiger partial charge in [0.2, 0.25) is 10.0 Å². The summed E-state index contributed by atoms with van der Waals surface area (Å²) in [4.78, 5) is 0. The second-order valence-corrected chi connectivity index (χ2v) is 8.98. The van der Waals surface area contributed by atoms with Gasteiger partial charge in [0.1, 0.15) is 0 Å². The van der Waals surface area contributed by atoms with Crippen molar-refractivity contribution in [1.82, 2.24) is 4.72 Å². The van der Waals surface area contributed by atoms with Gasteiger partial charge in [0.05, 0.1) is 16.8 Å². The van der Waals surface area contributed by atoms with Crippen LogP contribution >= 0.6 is 0 Å². The van der Waals surface area contributed by atoms with Crippen LogP contribution in [-0.2, 0) is 19.9 Å². The van der Waals surface area contributed by atoms with Crippen LogP contribution in [0.4, 0.5) is 0 Å². The molecule has 0 bridgehead atoms. The summed E-state index contributed by atoms with van der Waals surface area (Å²) in [7, 11) is -6.76. The van der Waals surface area contributed by atoms with E-state index in [0.29, 0.717) is 6.42 Å². The molecule has 1 rings (SSSR count). The van der Waals surface area contributed by atoms with Crippen molar-refractivity contribution in [2.75, 3.05) is 24.7 Å². The zero-order valence-electron chi connectivity index (χ0n) is 10.5. The lowest BCUT2D eigenvalue weighted by atomic mass is 10.0. The van der Waals surface area contributed by atoms with Crippen molar-refractivity contribution in [2.45, 2.75) is 31.4 Å². The third-order valence-corrected chi connectivity index (χ3v) is 7.15. The summed E-state index contributed by atoms with van der Waals surface area (Å²) >= 11 is 0. The van der Waals surface area contributed by atoms with Crippen molar-refractivity contribution < 1.29 is 21.9 Å². The fourth-order valence-electron chi connectivity index (χ4n) is 1.99. The molecule has 0 aromatic rings. The Balaban J connectivity index is 2.55. The van der Waals surface area contributed by atoms with Gasteiger partial charge in [0.25, 0.3) is 0 Å². The average molecular weight is 299 g/mol. The van der Waals surface area contributed by atoms with Gasteiger partial charge in [-0.1, -0.05) is 13.3 Å². The van der Waals surface area contributed by atoms with Gasteiger partial charge in [-0.2, -0.15) is 0 Å². The molecule has 0 saturated carbocycles. The van der Waals surface area contributed by atoms with E-state index in [1.807, 2.05) is 6.92 Å². The molecule has 2 atom stereocenters. The maximum Gasteiger partial charge on any atom is 0.215 e. The highest BCUT2D eigenvalue weighted by Gasteiger charge is 2.37. The number of rotatable bonds is 7.